The van der Waals surface area contributed by atoms with Crippen LogP contribution in [0.3, 0.4) is 0 Å². The van der Waals surface area contributed by atoms with E-state index < -0.39 is 11.8 Å². The molecule has 0 spiro atoms. The zero-order valence-corrected chi connectivity index (χ0v) is 18.7. The summed E-state index contributed by atoms with van der Waals surface area (Å²) in [5, 5.41) is 2.98. The highest BCUT2D eigenvalue weighted by atomic mass is 35.5. The van der Waals surface area contributed by atoms with Gasteiger partial charge in [0, 0.05) is 34.5 Å². The molecule has 32 heavy (non-hydrogen) atoms. The largest absolute Gasteiger partial charge is 0.298 e. The van der Waals surface area contributed by atoms with Gasteiger partial charge < -0.3 is 0 Å². The smallest absolute Gasteiger partial charge is 0.269 e. The van der Waals surface area contributed by atoms with Gasteiger partial charge in [0.1, 0.15) is 4.83 Å². The predicted molar refractivity (Wildman–Crippen MR) is 126 cm³/mol. The van der Waals surface area contributed by atoms with Crippen LogP contribution in [0.5, 0.6) is 0 Å². The molecule has 2 aromatic carbocycles. The summed E-state index contributed by atoms with van der Waals surface area (Å²) in [7, 11) is 0. The first kappa shape index (κ1) is 21.7. The first-order chi connectivity index (χ1) is 15.4. The standard InChI is InChI=1S/C23H19ClN4O3S/c1-14-2-4-15(5-3-14)18-12-32-22-20(18)23(31)28(13-25-22)11-10-19(29)26-27-21(30)16-6-8-17(24)9-7-16/h2-9,12-13H,10-11H2,1H3,(H,26,29)(H,27,30). The molecule has 4 rings (SSSR count). The number of nitrogens with zero attached hydrogens (tertiary/aromatic N) is 2. The molecule has 0 unspecified atom stereocenters. The number of fused-ring (bicyclic) bond motifs is 1. The van der Waals surface area contributed by atoms with Gasteiger partial charge in [-0.3, -0.25) is 29.8 Å². The Hall–Kier alpha value is -3.49. The van der Waals surface area contributed by atoms with E-state index in [9.17, 15) is 14.4 Å². The van der Waals surface area contributed by atoms with Crippen molar-refractivity contribution >= 4 is 45.0 Å². The summed E-state index contributed by atoms with van der Waals surface area (Å²) in [5.41, 5.74) is 7.77. The van der Waals surface area contributed by atoms with E-state index >= 15 is 0 Å². The molecule has 0 atom stereocenters. The molecule has 2 heterocycles. The highest BCUT2D eigenvalue weighted by Crippen LogP contribution is 2.30. The molecular formula is C23H19ClN4O3S. The van der Waals surface area contributed by atoms with Crippen LogP contribution >= 0.6 is 22.9 Å². The highest BCUT2D eigenvalue weighted by molar-refractivity contribution is 7.17. The minimum atomic E-state index is -0.462. The molecule has 0 aliphatic carbocycles. The van der Waals surface area contributed by atoms with Crippen molar-refractivity contribution in [3.63, 3.8) is 0 Å². The molecule has 2 amide bonds. The number of carbonyl (C=O) groups is 2. The van der Waals surface area contributed by atoms with E-state index in [2.05, 4.69) is 15.8 Å². The Morgan fingerprint density at radius 3 is 2.50 bits per heavy atom. The Morgan fingerprint density at radius 1 is 1.06 bits per heavy atom. The molecule has 162 valence electrons. The van der Waals surface area contributed by atoms with Crippen molar-refractivity contribution in [1.29, 1.82) is 0 Å². The number of amides is 2. The number of rotatable bonds is 5. The van der Waals surface area contributed by atoms with Gasteiger partial charge in [0.15, 0.2) is 0 Å². The second-order valence-corrected chi connectivity index (χ2v) is 8.49. The SMILES string of the molecule is Cc1ccc(-c2csc3ncn(CCC(=O)NNC(=O)c4ccc(Cl)cc4)c(=O)c23)cc1. The number of thiophene rings is 1. The molecular weight excluding hydrogens is 448 g/mol. The third-order valence-corrected chi connectivity index (χ3v) is 6.06. The van der Waals surface area contributed by atoms with Crippen molar-refractivity contribution in [3.8, 4) is 11.1 Å². The summed E-state index contributed by atoms with van der Waals surface area (Å²) < 4.78 is 1.41. The van der Waals surface area contributed by atoms with Gasteiger partial charge in [0.25, 0.3) is 11.5 Å². The number of hydrogen-bond acceptors (Lipinski definition) is 5. The summed E-state index contributed by atoms with van der Waals surface area (Å²) in [6.45, 7) is 2.14. The second kappa shape index (κ2) is 9.33. The molecule has 2 aromatic heterocycles. The monoisotopic (exact) mass is 466 g/mol. The van der Waals surface area contributed by atoms with Crippen molar-refractivity contribution in [2.45, 2.75) is 19.9 Å². The Balaban J connectivity index is 1.43. The topological polar surface area (TPSA) is 93.1 Å². The maximum atomic E-state index is 13.1. The Kier molecular flexibility index (Phi) is 6.34. The van der Waals surface area contributed by atoms with Crippen molar-refractivity contribution in [2.24, 2.45) is 0 Å². The number of hydrazine groups is 1. The minimum Gasteiger partial charge on any atom is -0.298 e. The average Bonchev–Trinajstić information content (AvgIpc) is 3.23. The summed E-state index contributed by atoms with van der Waals surface area (Å²) in [6, 6.07) is 14.2. The maximum Gasteiger partial charge on any atom is 0.269 e. The fourth-order valence-electron chi connectivity index (χ4n) is 3.16. The minimum absolute atomic E-state index is 0.00199. The van der Waals surface area contributed by atoms with Gasteiger partial charge in [-0.05, 0) is 36.8 Å². The van der Waals surface area contributed by atoms with Crippen LogP contribution in [0.4, 0.5) is 0 Å². The molecule has 0 saturated carbocycles. The fraction of sp³-hybridized carbons (Fsp3) is 0.130. The number of aromatic nitrogens is 2. The number of benzene rings is 2. The number of halogens is 1. The van der Waals surface area contributed by atoms with Gasteiger partial charge in [-0.25, -0.2) is 4.98 Å². The van der Waals surface area contributed by atoms with E-state index in [1.54, 1.807) is 24.3 Å². The van der Waals surface area contributed by atoms with Gasteiger partial charge in [0.2, 0.25) is 5.91 Å². The number of aryl methyl sites for hydroxylation is 2. The lowest BCUT2D eigenvalue weighted by atomic mass is 10.1. The van der Waals surface area contributed by atoms with Crippen molar-refractivity contribution in [3.05, 3.63) is 86.7 Å². The van der Waals surface area contributed by atoms with Crippen LogP contribution in [0.15, 0.2) is 65.0 Å². The van der Waals surface area contributed by atoms with Gasteiger partial charge >= 0.3 is 0 Å². The summed E-state index contributed by atoms with van der Waals surface area (Å²) in [5.74, 6) is -0.889. The van der Waals surface area contributed by atoms with E-state index in [-0.39, 0.29) is 18.5 Å². The third kappa shape index (κ3) is 4.71. The summed E-state index contributed by atoms with van der Waals surface area (Å²) in [4.78, 5) is 42.3. The van der Waals surface area contributed by atoms with Crippen LogP contribution in [0.2, 0.25) is 5.02 Å². The summed E-state index contributed by atoms with van der Waals surface area (Å²) in [6.07, 6.45) is 1.44. The Labute approximate surface area is 192 Å². The zero-order valence-electron chi connectivity index (χ0n) is 17.1. The molecule has 2 N–H and O–H groups in total. The van der Waals surface area contributed by atoms with Crippen LogP contribution in [0.1, 0.15) is 22.3 Å². The van der Waals surface area contributed by atoms with Crippen molar-refractivity contribution in [2.75, 3.05) is 0 Å². The fourth-order valence-corrected chi connectivity index (χ4v) is 4.19. The van der Waals surface area contributed by atoms with Gasteiger partial charge in [-0.1, -0.05) is 41.4 Å². The molecule has 9 heteroatoms. The molecule has 0 aliphatic heterocycles. The number of nitrogens with one attached hydrogen (secondary N) is 2. The second-order valence-electron chi connectivity index (χ2n) is 7.20. The third-order valence-electron chi connectivity index (χ3n) is 4.92. The van der Waals surface area contributed by atoms with E-state index in [0.29, 0.717) is 20.8 Å². The van der Waals surface area contributed by atoms with Gasteiger partial charge in [0.05, 0.1) is 11.7 Å². The Bertz CT molecular complexity index is 1340. The normalized spacial score (nSPS) is 10.8. The lowest BCUT2D eigenvalue weighted by Crippen LogP contribution is -2.42. The quantitative estimate of drug-likeness (QED) is 0.436. The summed E-state index contributed by atoms with van der Waals surface area (Å²) >= 11 is 7.21. The van der Waals surface area contributed by atoms with Crippen LogP contribution < -0.4 is 16.4 Å². The van der Waals surface area contributed by atoms with E-state index in [0.717, 1.165) is 16.7 Å². The van der Waals surface area contributed by atoms with Gasteiger partial charge in [-0.15, -0.1) is 11.3 Å². The van der Waals surface area contributed by atoms with Crippen molar-refractivity contribution < 1.29 is 9.59 Å². The van der Waals surface area contributed by atoms with Crippen LogP contribution in [-0.4, -0.2) is 21.4 Å². The number of carbonyl (C=O) groups excluding carboxylic acids is 2. The molecule has 0 bridgehead atoms. The number of hydrogen-bond donors (Lipinski definition) is 2. The van der Waals surface area contributed by atoms with E-state index in [4.69, 9.17) is 11.6 Å². The lowest BCUT2D eigenvalue weighted by Gasteiger charge is -2.09. The molecule has 0 aliphatic rings. The van der Waals surface area contributed by atoms with Gasteiger partial charge in [-0.2, -0.15) is 0 Å². The first-order valence-electron chi connectivity index (χ1n) is 9.81. The maximum absolute atomic E-state index is 13.1. The lowest BCUT2D eigenvalue weighted by molar-refractivity contribution is -0.122. The molecule has 4 aromatic rings. The average molecular weight is 467 g/mol. The Morgan fingerprint density at radius 2 is 1.78 bits per heavy atom. The van der Waals surface area contributed by atoms with Crippen LogP contribution in [-0.2, 0) is 11.3 Å². The molecule has 0 radical (unpaired) electrons. The van der Waals surface area contributed by atoms with E-state index in [1.165, 1.54) is 22.2 Å². The van der Waals surface area contributed by atoms with Crippen LogP contribution in [0.25, 0.3) is 21.3 Å². The molecule has 7 nitrogen and oxygen atoms in total. The first-order valence-corrected chi connectivity index (χ1v) is 11.1. The van der Waals surface area contributed by atoms with Crippen LogP contribution in [0, 0.1) is 6.92 Å². The predicted octanol–water partition coefficient (Wildman–Crippen LogP) is 3.94. The van der Waals surface area contributed by atoms with E-state index in [1.807, 2.05) is 36.6 Å². The molecule has 0 fully saturated rings. The van der Waals surface area contributed by atoms with Crippen molar-refractivity contribution in [1.82, 2.24) is 20.4 Å². The molecule has 0 saturated heterocycles. The zero-order chi connectivity index (χ0) is 22.7. The highest BCUT2D eigenvalue weighted by Gasteiger charge is 2.14.